The van der Waals surface area contributed by atoms with Gasteiger partial charge in [-0.1, -0.05) is 109 Å². The van der Waals surface area contributed by atoms with E-state index in [4.69, 9.17) is 0 Å². The third-order valence-corrected chi connectivity index (χ3v) is 7.49. The summed E-state index contributed by atoms with van der Waals surface area (Å²) in [5, 5.41) is 2.54. The molecular weight excluding hydrogens is 460 g/mol. The molecule has 182 valence electrons. The van der Waals surface area contributed by atoms with Crippen LogP contribution in [-0.4, -0.2) is 9.13 Å². The Hall–Kier alpha value is -4.82. The van der Waals surface area contributed by atoms with Gasteiger partial charge >= 0.3 is 0 Å². The zero-order valence-corrected chi connectivity index (χ0v) is 21.2. The molecule has 0 atom stereocenters. The number of hydrogen-bond acceptors (Lipinski definition) is 0. The zero-order valence-electron chi connectivity index (χ0n) is 21.2. The Labute approximate surface area is 223 Å². The van der Waals surface area contributed by atoms with Gasteiger partial charge < -0.3 is 9.13 Å². The highest BCUT2D eigenvalue weighted by Crippen LogP contribution is 2.29. The molecule has 0 aliphatic carbocycles. The number of benzene rings is 5. The second kappa shape index (κ2) is 9.57. The van der Waals surface area contributed by atoms with Crippen LogP contribution in [0.3, 0.4) is 0 Å². The Kier molecular flexibility index (Phi) is 5.64. The van der Waals surface area contributed by atoms with Crippen molar-refractivity contribution in [2.45, 2.75) is 13.1 Å². The molecule has 0 aliphatic rings. The summed E-state index contributed by atoms with van der Waals surface area (Å²) in [5.41, 5.74) is 10.1. The molecule has 0 aliphatic heterocycles. The molecule has 0 spiro atoms. The largest absolute Gasteiger partial charge is 0.343 e. The molecule has 2 heterocycles. The third-order valence-electron chi connectivity index (χ3n) is 7.49. The molecule has 7 rings (SSSR count). The monoisotopic (exact) mass is 488 g/mol. The highest BCUT2D eigenvalue weighted by Gasteiger charge is 2.08. The van der Waals surface area contributed by atoms with E-state index in [9.17, 15) is 0 Å². The molecule has 5 aromatic carbocycles. The van der Waals surface area contributed by atoms with Crippen LogP contribution in [0, 0.1) is 0 Å². The summed E-state index contributed by atoms with van der Waals surface area (Å²) in [7, 11) is 0. The van der Waals surface area contributed by atoms with Crippen molar-refractivity contribution in [2.75, 3.05) is 0 Å². The maximum atomic E-state index is 2.35. The van der Waals surface area contributed by atoms with Gasteiger partial charge in [-0.3, -0.25) is 0 Å². The molecule has 0 fully saturated rings. The molecule has 2 aromatic heterocycles. The molecule has 0 saturated heterocycles. The van der Waals surface area contributed by atoms with Gasteiger partial charge in [-0.25, -0.2) is 0 Å². The minimum absolute atomic E-state index is 0.848. The molecule has 0 radical (unpaired) electrons. The van der Waals surface area contributed by atoms with Crippen molar-refractivity contribution in [1.82, 2.24) is 9.13 Å². The summed E-state index contributed by atoms with van der Waals surface area (Å²) in [4.78, 5) is 0. The average molecular weight is 489 g/mol. The van der Waals surface area contributed by atoms with Crippen LogP contribution in [0.15, 0.2) is 146 Å². The second-order valence-corrected chi connectivity index (χ2v) is 9.98. The fourth-order valence-corrected chi connectivity index (χ4v) is 5.41. The number of nitrogens with zero attached hydrogens (tertiary/aromatic N) is 2. The van der Waals surface area contributed by atoms with Gasteiger partial charge in [0, 0.05) is 36.5 Å². The van der Waals surface area contributed by atoms with Crippen molar-refractivity contribution in [3.8, 4) is 22.3 Å². The predicted octanol–water partition coefficient (Wildman–Crippen LogP) is 9.03. The quantitative estimate of drug-likeness (QED) is 0.221. The third kappa shape index (κ3) is 4.31. The Balaban J connectivity index is 1.19. The highest BCUT2D eigenvalue weighted by atomic mass is 15.0. The number of hydrogen-bond donors (Lipinski definition) is 0. The Bertz CT molecular complexity index is 1840. The molecule has 0 bridgehead atoms. The first-order valence-corrected chi connectivity index (χ1v) is 13.2. The van der Waals surface area contributed by atoms with Crippen molar-refractivity contribution >= 4 is 21.8 Å². The number of aromatic nitrogens is 2. The van der Waals surface area contributed by atoms with E-state index in [1.165, 1.54) is 55.2 Å². The Morgan fingerprint density at radius 3 is 1.37 bits per heavy atom. The molecule has 2 heteroatoms. The van der Waals surface area contributed by atoms with Crippen molar-refractivity contribution in [2.24, 2.45) is 0 Å². The second-order valence-electron chi connectivity index (χ2n) is 9.98. The van der Waals surface area contributed by atoms with Crippen LogP contribution in [0.2, 0.25) is 0 Å². The molecule has 0 unspecified atom stereocenters. The van der Waals surface area contributed by atoms with E-state index < -0.39 is 0 Å². The van der Waals surface area contributed by atoms with Gasteiger partial charge in [0.15, 0.2) is 0 Å². The van der Waals surface area contributed by atoms with Crippen LogP contribution in [-0.2, 0) is 13.1 Å². The van der Waals surface area contributed by atoms with Crippen molar-refractivity contribution < 1.29 is 0 Å². The van der Waals surface area contributed by atoms with Crippen LogP contribution in [0.1, 0.15) is 11.1 Å². The number of fused-ring (bicyclic) bond motifs is 2. The van der Waals surface area contributed by atoms with Crippen LogP contribution >= 0.6 is 0 Å². The first-order chi connectivity index (χ1) is 18.8. The Morgan fingerprint density at radius 1 is 0.368 bits per heavy atom. The van der Waals surface area contributed by atoms with Gasteiger partial charge in [-0.2, -0.15) is 0 Å². The fourth-order valence-electron chi connectivity index (χ4n) is 5.41. The van der Waals surface area contributed by atoms with Crippen molar-refractivity contribution in [3.05, 3.63) is 157 Å². The van der Waals surface area contributed by atoms with Gasteiger partial charge in [0.2, 0.25) is 0 Å². The lowest BCUT2D eigenvalue weighted by atomic mass is 10.0. The van der Waals surface area contributed by atoms with Crippen LogP contribution in [0.5, 0.6) is 0 Å². The topological polar surface area (TPSA) is 9.86 Å². The van der Waals surface area contributed by atoms with Crippen LogP contribution < -0.4 is 0 Å². The fraction of sp³-hybridized carbons (Fsp3) is 0.0556. The van der Waals surface area contributed by atoms with Gasteiger partial charge in [0.1, 0.15) is 0 Å². The summed E-state index contributed by atoms with van der Waals surface area (Å²) in [6, 6.07) is 48.2. The molecule has 38 heavy (non-hydrogen) atoms. The minimum atomic E-state index is 0.848. The van der Waals surface area contributed by atoms with Gasteiger partial charge in [-0.05, 0) is 68.4 Å². The highest BCUT2D eigenvalue weighted by molar-refractivity contribution is 5.89. The summed E-state index contributed by atoms with van der Waals surface area (Å²) in [6.07, 6.45) is 4.40. The van der Waals surface area contributed by atoms with Gasteiger partial charge in [0.05, 0.1) is 0 Å². The molecule has 7 aromatic rings. The number of rotatable bonds is 6. The van der Waals surface area contributed by atoms with E-state index >= 15 is 0 Å². The molecule has 0 saturated carbocycles. The molecule has 0 N–H and O–H groups in total. The first kappa shape index (κ1) is 22.4. The average Bonchev–Trinajstić information content (AvgIpc) is 3.57. The summed E-state index contributed by atoms with van der Waals surface area (Å²) in [6.45, 7) is 1.72. The van der Waals surface area contributed by atoms with E-state index in [2.05, 4.69) is 155 Å². The van der Waals surface area contributed by atoms with Crippen molar-refractivity contribution in [1.29, 1.82) is 0 Å². The Morgan fingerprint density at radius 2 is 0.816 bits per heavy atom. The normalized spacial score (nSPS) is 11.4. The van der Waals surface area contributed by atoms with E-state index in [-0.39, 0.29) is 0 Å². The van der Waals surface area contributed by atoms with Gasteiger partial charge in [-0.15, -0.1) is 0 Å². The molecular formula is C36H28N2. The standard InChI is InChI=1S/C36H28N2/c1-3-7-27(8-4-1)25-37-21-19-31-15-17-33(23-35(31)37)34-18-16-32-20-22-38(36(32)24-34)26-28-11-13-30(14-12-28)29-9-5-2-6-10-29/h1-24H,25-26H2. The zero-order chi connectivity index (χ0) is 25.3. The van der Waals surface area contributed by atoms with E-state index in [1.807, 2.05) is 0 Å². The maximum absolute atomic E-state index is 2.35. The summed E-state index contributed by atoms with van der Waals surface area (Å²) in [5.74, 6) is 0. The van der Waals surface area contributed by atoms with E-state index in [1.54, 1.807) is 0 Å². The van der Waals surface area contributed by atoms with Gasteiger partial charge in [0.25, 0.3) is 0 Å². The van der Waals surface area contributed by atoms with E-state index in [0.29, 0.717) is 0 Å². The predicted molar refractivity (Wildman–Crippen MR) is 159 cm³/mol. The lowest BCUT2D eigenvalue weighted by molar-refractivity contribution is 0.836. The van der Waals surface area contributed by atoms with Crippen LogP contribution in [0.25, 0.3) is 44.1 Å². The minimum Gasteiger partial charge on any atom is -0.343 e. The molecule has 2 nitrogen and oxygen atoms in total. The van der Waals surface area contributed by atoms with E-state index in [0.717, 1.165) is 13.1 Å². The van der Waals surface area contributed by atoms with Crippen molar-refractivity contribution in [3.63, 3.8) is 0 Å². The SMILES string of the molecule is c1ccc(Cn2ccc3ccc(-c4ccc5ccn(Cc6ccc(-c7ccccc7)cc6)c5c4)cc32)cc1. The lowest BCUT2D eigenvalue weighted by Crippen LogP contribution is -1.98. The maximum Gasteiger partial charge on any atom is 0.0489 e. The summed E-state index contributed by atoms with van der Waals surface area (Å²) < 4.78 is 4.70. The lowest BCUT2D eigenvalue weighted by Gasteiger charge is -2.10. The smallest absolute Gasteiger partial charge is 0.0489 e. The molecule has 0 amide bonds. The first-order valence-electron chi connectivity index (χ1n) is 13.2. The summed E-state index contributed by atoms with van der Waals surface area (Å²) >= 11 is 0. The van der Waals surface area contributed by atoms with Crippen LogP contribution in [0.4, 0.5) is 0 Å².